The minimum atomic E-state index is -0.949. The molecule has 0 heterocycles. The predicted molar refractivity (Wildman–Crippen MR) is 101 cm³/mol. The van der Waals surface area contributed by atoms with E-state index in [1.54, 1.807) is 18.7 Å². The lowest BCUT2D eigenvalue weighted by molar-refractivity contribution is -0.275. The van der Waals surface area contributed by atoms with Crippen molar-refractivity contribution in [1.29, 1.82) is 0 Å². The average Bonchev–Trinajstić information content (AvgIpc) is 2.60. The molecule has 144 valence electrons. The SMILES string of the molecule is C=C(CSCC(C)C1CCCCC1)OOCC(O)COC(=O)C(=C)C. The molecule has 0 radical (unpaired) electrons. The van der Waals surface area contributed by atoms with Gasteiger partial charge in [-0.3, -0.25) is 0 Å². The van der Waals surface area contributed by atoms with Crippen LogP contribution in [0.4, 0.5) is 0 Å². The van der Waals surface area contributed by atoms with Gasteiger partial charge in [-0.1, -0.05) is 52.2 Å². The highest BCUT2D eigenvalue weighted by atomic mass is 32.2. The number of carbonyl (C=O) groups excluding carboxylic acids is 1. The lowest BCUT2D eigenvalue weighted by atomic mass is 9.82. The molecule has 1 rings (SSSR count). The average molecular weight is 373 g/mol. The summed E-state index contributed by atoms with van der Waals surface area (Å²) in [6.07, 6.45) is 5.89. The van der Waals surface area contributed by atoms with E-state index in [-0.39, 0.29) is 18.8 Å². The van der Waals surface area contributed by atoms with Crippen molar-refractivity contribution >= 4 is 17.7 Å². The molecule has 0 spiro atoms. The first-order valence-corrected chi connectivity index (χ1v) is 10.1. The lowest BCUT2D eigenvalue weighted by Crippen LogP contribution is -2.24. The maximum Gasteiger partial charge on any atom is 0.333 e. The molecule has 25 heavy (non-hydrogen) atoms. The van der Waals surface area contributed by atoms with Gasteiger partial charge in [0, 0.05) is 5.57 Å². The Morgan fingerprint density at radius 2 is 1.92 bits per heavy atom. The minimum Gasteiger partial charge on any atom is -0.459 e. The third-order valence-corrected chi connectivity index (χ3v) is 5.58. The molecule has 0 aromatic carbocycles. The van der Waals surface area contributed by atoms with Crippen LogP contribution in [0.1, 0.15) is 46.0 Å². The van der Waals surface area contributed by atoms with Gasteiger partial charge >= 0.3 is 5.97 Å². The van der Waals surface area contributed by atoms with Gasteiger partial charge in [0.2, 0.25) is 0 Å². The second-order valence-electron chi connectivity index (χ2n) is 6.83. The summed E-state index contributed by atoms with van der Waals surface area (Å²) in [6.45, 7) is 10.9. The summed E-state index contributed by atoms with van der Waals surface area (Å²) < 4.78 is 4.82. The van der Waals surface area contributed by atoms with Gasteiger partial charge < -0.3 is 14.7 Å². The summed E-state index contributed by atoms with van der Waals surface area (Å²) in [6, 6.07) is 0. The molecule has 0 bridgehead atoms. The summed E-state index contributed by atoms with van der Waals surface area (Å²) in [5, 5.41) is 9.64. The number of aliphatic hydroxyl groups excluding tert-OH is 1. The largest absolute Gasteiger partial charge is 0.459 e. The monoisotopic (exact) mass is 372 g/mol. The number of carbonyl (C=O) groups is 1. The summed E-state index contributed by atoms with van der Waals surface area (Å²) in [5.74, 6) is 3.30. The van der Waals surface area contributed by atoms with Gasteiger partial charge in [0.1, 0.15) is 25.1 Å². The Balaban J connectivity index is 2.04. The first kappa shape index (κ1) is 22.1. The highest BCUT2D eigenvalue weighted by Crippen LogP contribution is 2.31. The molecule has 1 N–H and O–H groups in total. The quantitative estimate of drug-likeness (QED) is 0.184. The van der Waals surface area contributed by atoms with Gasteiger partial charge in [-0.2, -0.15) is 16.6 Å². The standard InChI is InChI=1S/C19H32O5S/c1-14(2)19(21)22-10-18(20)11-23-24-16(4)13-25-12-15(3)17-8-6-5-7-9-17/h15,17-18,20H,1,4-13H2,2-3H3. The molecule has 1 saturated carbocycles. The third-order valence-electron chi connectivity index (χ3n) is 4.29. The van der Waals surface area contributed by atoms with E-state index >= 15 is 0 Å². The molecule has 1 fully saturated rings. The normalized spacial score (nSPS) is 17.6. The fraction of sp³-hybridized carbons (Fsp3) is 0.737. The van der Waals surface area contributed by atoms with E-state index in [9.17, 15) is 9.90 Å². The number of esters is 1. The molecule has 2 atom stereocenters. The van der Waals surface area contributed by atoms with Crippen molar-refractivity contribution in [3.63, 3.8) is 0 Å². The zero-order valence-electron chi connectivity index (χ0n) is 15.5. The van der Waals surface area contributed by atoms with Crippen LogP contribution in [-0.2, 0) is 19.3 Å². The molecule has 2 unspecified atom stereocenters. The Morgan fingerprint density at radius 3 is 2.56 bits per heavy atom. The van der Waals surface area contributed by atoms with Gasteiger partial charge in [-0.05, 0) is 24.5 Å². The van der Waals surface area contributed by atoms with Gasteiger partial charge in [0.25, 0.3) is 0 Å². The smallest absolute Gasteiger partial charge is 0.333 e. The van der Waals surface area contributed by atoms with Crippen molar-refractivity contribution < 1.29 is 24.4 Å². The Bertz CT molecular complexity index is 432. The first-order valence-electron chi connectivity index (χ1n) is 8.95. The second-order valence-corrected chi connectivity index (χ2v) is 7.86. The Kier molecular flexibility index (Phi) is 10.9. The summed E-state index contributed by atoms with van der Waals surface area (Å²) in [7, 11) is 0. The fourth-order valence-electron chi connectivity index (χ4n) is 2.76. The van der Waals surface area contributed by atoms with E-state index in [0.717, 1.165) is 11.7 Å². The van der Waals surface area contributed by atoms with Crippen LogP contribution in [0.15, 0.2) is 24.5 Å². The second kappa shape index (κ2) is 12.4. The maximum absolute atomic E-state index is 11.2. The van der Waals surface area contributed by atoms with Crippen LogP contribution in [0.5, 0.6) is 0 Å². The topological polar surface area (TPSA) is 65.0 Å². The molecule has 0 aliphatic heterocycles. The highest BCUT2D eigenvalue weighted by molar-refractivity contribution is 7.99. The van der Waals surface area contributed by atoms with E-state index in [1.807, 2.05) is 0 Å². The number of aliphatic hydroxyl groups is 1. The summed E-state index contributed by atoms with van der Waals surface area (Å²) >= 11 is 1.79. The van der Waals surface area contributed by atoms with E-state index in [4.69, 9.17) is 14.5 Å². The van der Waals surface area contributed by atoms with Crippen molar-refractivity contribution in [2.45, 2.75) is 52.1 Å². The molecular formula is C19H32O5S. The minimum absolute atomic E-state index is 0.0916. The molecule has 0 amide bonds. The first-order chi connectivity index (χ1) is 11.9. The number of hydrogen-bond donors (Lipinski definition) is 1. The van der Waals surface area contributed by atoms with Gasteiger partial charge in [0.15, 0.2) is 0 Å². The molecule has 0 saturated heterocycles. The molecule has 1 aliphatic rings. The number of hydrogen-bond acceptors (Lipinski definition) is 6. The van der Waals surface area contributed by atoms with Crippen LogP contribution >= 0.6 is 11.8 Å². The molecule has 0 aromatic heterocycles. The van der Waals surface area contributed by atoms with Crippen LogP contribution in [0, 0.1) is 11.8 Å². The number of thioether (sulfide) groups is 1. The Morgan fingerprint density at radius 1 is 1.24 bits per heavy atom. The molecule has 0 aromatic rings. The maximum atomic E-state index is 11.2. The zero-order chi connectivity index (χ0) is 18.7. The predicted octanol–water partition coefficient (Wildman–Crippen LogP) is 3.88. The van der Waals surface area contributed by atoms with E-state index < -0.39 is 12.1 Å². The highest BCUT2D eigenvalue weighted by Gasteiger charge is 2.20. The van der Waals surface area contributed by atoms with Gasteiger partial charge in [-0.25, -0.2) is 4.79 Å². The molecule has 6 heteroatoms. The van der Waals surface area contributed by atoms with Crippen LogP contribution in [0.25, 0.3) is 0 Å². The number of rotatable bonds is 12. The van der Waals surface area contributed by atoms with E-state index in [2.05, 4.69) is 20.1 Å². The van der Waals surface area contributed by atoms with Crippen molar-refractivity contribution in [2.75, 3.05) is 24.7 Å². The van der Waals surface area contributed by atoms with Crippen LogP contribution in [0.3, 0.4) is 0 Å². The molecule has 1 aliphatic carbocycles. The van der Waals surface area contributed by atoms with E-state index in [1.165, 1.54) is 32.1 Å². The Labute approximate surface area is 155 Å². The lowest BCUT2D eigenvalue weighted by Gasteiger charge is -2.27. The van der Waals surface area contributed by atoms with Crippen LogP contribution < -0.4 is 0 Å². The van der Waals surface area contributed by atoms with Gasteiger partial charge in [-0.15, -0.1) is 0 Å². The zero-order valence-corrected chi connectivity index (χ0v) is 16.3. The van der Waals surface area contributed by atoms with Crippen molar-refractivity contribution in [1.82, 2.24) is 0 Å². The van der Waals surface area contributed by atoms with E-state index in [0.29, 0.717) is 17.4 Å². The molecule has 5 nitrogen and oxygen atoms in total. The summed E-state index contributed by atoms with van der Waals surface area (Å²) in [5.41, 5.74) is 0.289. The van der Waals surface area contributed by atoms with Gasteiger partial charge in [0.05, 0.1) is 5.75 Å². The van der Waals surface area contributed by atoms with Crippen LogP contribution in [-0.4, -0.2) is 41.9 Å². The van der Waals surface area contributed by atoms with Crippen molar-refractivity contribution in [2.24, 2.45) is 11.8 Å². The van der Waals surface area contributed by atoms with Crippen molar-refractivity contribution in [3.05, 3.63) is 24.5 Å². The summed E-state index contributed by atoms with van der Waals surface area (Å²) in [4.78, 5) is 21.2. The Hall–Kier alpha value is -0.980. The van der Waals surface area contributed by atoms with Crippen molar-refractivity contribution in [3.8, 4) is 0 Å². The fourth-order valence-corrected chi connectivity index (χ4v) is 3.80. The molecular weight excluding hydrogens is 340 g/mol. The van der Waals surface area contributed by atoms with Crippen LogP contribution in [0.2, 0.25) is 0 Å². The number of ether oxygens (including phenoxy) is 1. The third kappa shape index (κ3) is 9.92.